The number of ether oxygens (including phenoxy) is 1. The molecule has 0 fully saturated rings. The molecule has 1 aliphatic heterocycles. The molecule has 1 unspecified atom stereocenters. The third-order valence-electron chi connectivity index (χ3n) is 3.68. The van der Waals surface area contributed by atoms with Gasteiger partial charge in [0.05, 0.1) is 6.61 Å². The van der Waals surface area contributed by atoms with E-state index in [1.54, 1.807) is 7.11 Å². The summed E-state index contributed by atoms with van der Waals surface area (Å²) in [5.74, 6) is 0.217. The molecule has 2 rings (SSSR count). The fraction of sp³-hybridized carbons (Fsp3) is 0.562. The van der Waals surface area contributed by atoms with Crippen molar-refractivity contribution in [2.24, 2.45) is 0 Å². The number of carbonyl (C=O) groups is 1. The Morgan fingerprint density at radius 1 is 1.35 bits per heavy atom. The van der Waals surface area contributed by atoms with Crippen LogP contribution in [0.15, 0.2) is 24.3 Å². The first-order valence-electron chi connectivity index (χ1n) is 7.36. The number of aryl methyl sites for hydroxylation is 1. The first-order chi connectivity index (χ1) is 9.76. The highest BCUT2D eigenvalue weighted by Gasteiger charge is 2.24. The lowest BCUT2D eigenvalue weighted by atomic mass is 10.1. The summed E-state index contributed by atoms with van der Waals surface area (Å²) in [7, 11) is 1.70. The minimum atomic E-state index is 0.167. The fourth-order valence-electron chi connectivity index (χ4n) is 2.77. The normalized spacial score (nSPS) is 16.7. The Hall–Kier alpha value is -1.39. The second-order valence-electron chi connectivity index (χ2n) is 5.20. The third-order valence-corrected chi connectivity index (χ3v) is 3.68. The van der Waals surface area contributed by atoms with Gasteiger partial charge in [-0.15, -0.1) is 0 Å². The van der Waals surface area contributed by atoms with Crippen molar-refractivity contribution in [3.8, 4) is 0 Å². The molecule has 20 heavy (non-hydrogen) atoms. The summed E-state index contributed by atoms with van der Waals surface area (Å²) in [4.78, 5) is 14.3. The van der Waals surface area contributed by atoms with Crippen LogP contribution in [0.4, 0.5) is 5.69 Å². The number of methoxy groups -OCH3 is 1. The van der Waals surface area contributed by atoms with Gasteiger partial charge >= 0.3 is 0 Å². The van der Waals surface area contributed by atoms with Gasteiger partial charge in [-0.3, -0.25) is 4.79 Å². The Bertz CT molecular complexity index is 442. The molecule has 110 valence electrons. The van der Waals surface area contributed by atoms with E-state index < -0.39 is 0 Å². The van der Waals surface area contributed by atoms with Crippen molar-refractivity contribution >= 4 is 11.6 Å². The van der Waals surface area contributed by atoms with Crippen LogP contribution in [0.1, 0.15) is 25.3 Å². The van der Waals surface area contributed by atoms with Gasteiger partial charge in [-0.25, -0.2) is 0 Å². The summed E-state index contributed by atoms with van der Waals surface area (Å²) in [5.41, 5.74) is 2.33. The molecule has 0 aromatic heterocycles. The number of likely N-dealkylation sites (N-methyl/N-ethyl adjacent to an activating group) is 1. The number of fused-ring (bicyclic) bond motifs is 1. The number of hydrogen-bond donors (Lipinski definition) is 1. The van der Waals surface area contributed by atoms with Crippen molar-refractivity contribution < 1.29 is 9.53 Å². The second-order valence-corrected chi connectivity index (χ2v) is 5.20. The average Bonchev–Trinajstić information content (AvgIpc) is 2.60. The van der Waals surface area contributed by atoms with Gasteiger partial charge < -0.3 is 15.0 Å². The van der Waals surface area contributed by atoms with Gasteiger partial charge in [0.2, 0.25) is 5.91 Å². The van der Waals surface area contributed by atoms with Crippen molar-refractivity contribution in [2.75, 3.05) is 31.7 Å². The zero-order chi connectivity index (χ0) is 14.4. The van der Waals surface area contributed by atoms with Crippen molar-refractivity contribution in [2.45, 2.75) is 32.2 Å². The van der Waals surface area contributed by atoms with Crippen LogP contribution in [0, 0.1) is 0 Å². The van der Waals surface area contributed by atoms with E-state index in [4.69, 9.17) is 4.74 Å². The van der Waals surface area contributed by atoms with Crippen molar-refractivity contribution in [3.05, 3.63) is 29.8 Å². The predicted molar refractivity (Wildman–Crippen MR) is 81.1 cm³/mol. The van der Waals surface area contributed by atoms with Gasteiger partial charge in [0.25, 0.3) is 0 Å². The van der Waals surface area contributed by atoms with E-state index in [1.807, 2.05) is 23.1 Å². The maximum Gasteiger partial charge on any atom is 0.227 e. The van der Waals surface area contributed by atoms with Crippen molar-refractivity contribution in [1.82, 2.24) is 5.32 Å². The summed E-state index contributed by atoms with van der Waals surface area (Å²) in [6.07, 6.45) is 2.54. The minimum absolute atomic E-state index is 0.167. The minimum Gasteiger partial charge on any atom is -0.383 e. The molecule has 0 saturated carbocycles. The van der Waals surface area contributed by atoms with E-state index >= 15 is 0 Å². The lowest BCUT2D eigenvalue weighted by molar-refractivity contribution is -0.118. The topological polar surface area (TPSA) is 41.6 Å². The molecule has 1 aliphatic rings. The molecule has 0 saturated heterocycles. The zero-order valence-corrected chi connectivity index (χ0v) is 12.4. The molecular weight excluding hydrogens is 252 g/mol. The monoisotopic (exact) mass is 276 g/mol. The van der Waals surface area contributed by atoms with E-state index in [2.05, 4.69) is 18.3 Å². The van der Waals surface area contributed by atoms with Crippen LogP contribution in [0.25, 0.3) is 0 Å². The molecule has 1 N–H and O–H groups in total. The summed E-state index contributed by atoms with van der Waals surface area (Å²) in [6.45, 7) is 4.22. The molecule has 1 amide bonds. The first-order valence-corrected chi connectivity index (χ1v) is 7.36. The summed E-state index contributed by atoms with van der Waals surface area (Å²) in [6, 6.07) is 8.39. The number of nitrogens with one attached hydrogen (secondary N) is 1. The summed E-state index contributed by atoms with van der Waals surface area (Å²) in [5, 5.41) is 3.38. The van der Waals surface area contributed by atoms with Crippen LogP contribution in [0.2, 0.25) is 0 Å². The maximum atomic E-state index is 12.4. The molecule has 1 atom stereocenters. The maximum absolute atomic E-state index is 12.4. The second kappa shape index (κ2) is 7.41. The van der Waals surface area contributed by atoms with E-state index in [0.717, 1.165) is 25.1 Å². The van der Waals surface area contributed by atoms with Gasteiger partial charge in [0.15, 0.2) is 0 Å². The van der Waals surface area contributed by atoms with E-state index in [9.17, 15) is 4.79 Å². The molecule has 0 radical (unpaired) electrons. The van der Waals surface area contributed by atoms with Gasteiger partial charge in [-0.05, 0) is 31.0 Å². The van der Waals surface area contributed by atoms with Crippen LogP contribution in [0.5, 0.6) is 0 Å². The molecule has 1 aromatic carbocycles. The number of nitrogens with zero attached hydrogens (tertiary/aromatic N) is 1. The van der Waals surface area contributed by atoms with Gasteiger partial charge in [-0.1, -0.05) is 25.1 Å². The Morgan fingerprint density at radius 3 is 2.90 bits per heavy atom. The quantitative estimate of drug-likeness (QED) is 0.864. The van der Waals surface area contributed by atoms with Crippen LogP contribution in [-0.2, 0) is 16.0 Å². The molecular formula is C16H24N2O2. The highest BCUT2D eigenvalue weighted by Crippen LogP contribution is 2.26. The highest BCUT2D eigenvalue weighted by atomic mass is 16.5. The highest BCUT2D eigenvalue weighted by molar-refractivity contribution is 5.94. The number of hydrogen-bond acceptors (Lipinski definition) is 3. The van der Waals surface area contributed by atoms with Gasteiger partial charge in [-0.2, -0.15) is 0 Å². The molecule has 0 spiro atoms. The smallest absolute Gasteiger partial charge is 0.227 e. The Labute approximate surface area is 121 Å². The lowest BCUT2D eigenvalue weighted by Crippen LogP contribution is -2.46. The van der Waals surface area contributed by atoms with E-state index in [1.165, 1.54) is 5.56 Å². The third kappa shape index (κ3) is 3.58. The molecule has 0 bridgehead atoms. The fourth-order valence-corrected chi connectivity index (χ4v) is 2.77. The first kappa shape index (κ1) is 15.0. The lowest BCUT2D eigenvalue weighted by Gasteiger charge is -2.28. The van der Waals surface area contributed by atoms with Crippen LogP contribution in [0.3, 0.4) is 0 Å². The number of rotatable bonds is 6. The van der Waals surface area contributed by atoms with Crippen LogP contribution >= 0.6 is 0 Å². The number of carbonyl (C=O) groups excluding carboxylic acids is 1. The predicted octanol–water partition coefficient (Wildman–Crippen LogP) is 1.98. The molecule has 0 aliphatic carbocycles. The Balaban J connectivity index is 2.20. The van der Waals surface area contributed by atoms with Crippen LogP contribution < -0.4 is 10.2 Å². The molecule has 1 heterocycles. The summed E-state index contributed by atoms with van der Waals surface area (Å²) >= 11 is 0. The zero-order valence-electron chi connectivity index (χ0n) is 12.4. The van der Waals surface area contributed by atoms with Gasteiger partial charge in [0, 0.05) is 31.8 Å². The largest absolute Gasteiger partial charge is 0.383 e. The Morgan fingerprint density at radius 2 is 2.15 bits per heavy atom. The number of amides is 1. The number of para-hydroxylation sites is 1. The molecule has 4 heteroatoms. The van der Waals surface area contributed by atoms with E-state index in [0.29, 0.717) is 19.6 Å². The van der Waals surface area contributed by atoms with E-state index in [-0.39, 0.29) is 11.9 Å². The number of anilines is 1. The number of benzene rings is 1. The molecule has 4 nitrogen and oxygen atoms in total. The standard InChI is InChI=1S/C16H24N2O2/c1-3-17-14(12-20-2)11-18-15-9-5-4-7-13(15)8-6-10-16(18)19/h4-5,7,9,14,17H,3,6,8,10-12H2,1-2H3. The van der Waals surface area contributed by atoms with Crippen molar-refractivity contribution in [1.29, 1.82) is 0 Å². The average molecular weight is 276 g/mol. The van der Waals surface area contributed by atoms with Crippen molar-refractivity contribution in [3.63, 3.8) is 0 Å². The van der Waals surface area contributed by atoms with Crippen LogP contribution in [-0.4, -0.2) is 38.8 Å². The van der Waals surface area contributed by atoms with Gasteiger partial charge in [0.1, 0.15) is 0 Å². The molecule has 1 aromatic rings. The summed E-state index contributed by atoms with van der Waals surface area (Å²) < 4.78 is 5.25. The Kier molecular flexibility index (Phi) is 5.56. The SMILES string of the molecule is CCNC(COC)CN1C(=O)CCCc2ccccc21.